The Morgan fingerprint density at radius 1 is 0.198 bits per heavy atom. The summed E-state index contributed by atoms with van der Waals surface area (Å²) in [6.45, 7) is 17.7. The van der Waals surface area contributed by atoms with Crippen molar-refractivity contribution < 1.29 is 28.4 Å². The third-order valence-corrected chi connectivity index (χ3v) is 20.9. The molecule has 3 aromatic carbocycles. The summed E-state index contributed by atoms with van der Waals surface area (Å²) >= 11 is 3.92. The Morgan fingerprint density at radius 2 is 0.386 bits per heavy atom. The van der Waals surface area contributed by atoms with E-state index in [0.717, 1.165) is 113 Å². The van der Waals surface area contributed by atoms with Crippen LogP contribution in [0.2, 0.25) is 0 Å². The zero-order valence-electron chi connectivity index (χ0n) is 67.0. The molecule has 0 radical (unpaired) electrons. The van der Waals surface area contributed by atoms with Crippen LogP contribution < -0.4 is 28.4 Å². The molecule has 0 aliphatic rings. The minimum Gasteiger partial charge on any atom is -0.494 e. The van der Waals surface area contributed by atoms with Crippen LogP contribution in [0.4, 0.5) is 0 Å². The summed E-state index contributed by atoms with van der Waals surface area (Å²) in [5.41, 5.74) is 3.24. The van der Waals surface area contributed by atoms with Gasteiger partial charge in [0.1, 0.15) is 34.5 Å². The minimum atomic E-state index is 0.606. The summed E-state index contributed by atoms with van der Waals surface area (Å²) in [6.07, 6.45) is 77.0. The first-order chi connectivity index (χ1) is 50.0. The second-order valence-electron chi connectivity index (χ2n) is 30.0. The van der Waals surface area contributed by atoms with Crippen LogP contribution in [0.3, 0.4) is 0 Å². The smallest absolute Gasteiger partial charge is 0.136 e. The van der Waals surface area contributed by atoms with E-state index >= 15 is 0 Å². The predicted octanol–water partition coefficient (Wildman–Crippen LogP) is 31.0. The van der Waals surface area contributed by atoms with Crippen molar-refractivity contribution in [2.45, 2.75) is 427 Å². The Morgan fingerprint density at radius 3 is 0.644 bits per heavy atom. The lowest BCUT2D eigenvalue weighted by atomic mass is 10.1. The van der Waals surface area contributed by atoms with Crippen LogP contribution in [0.25, 0.3) is 0 Å². The van der Waals surface area contributed by atoms with Crippen LogP contribution in [-0.2, 0) is 0 Å². The van der Waals surface area contributed by atoms with Gasteiger partial charge < -0.3 is 28.4 Å². The largest absolute Gasteiger partial charge is 0.494 e. The Hall–Kier alpha value is -3.94. The molecule has 0 atom stereocenters. The second-order valence-corrected chi connectivity index (χ2v) is 30.8. The fourth-order valence-electron chi connectivity index (χ4n) is 13.6. The van der Waals surface area contributed by atoms with E-state index in [-0.39, 0.29) is 0 Å². The average Bonchev–Trinajstić information content (AvgIpc) is 0.828. The predicted molar refractivity (Wildman–Crippen MR) is 443 cm³/mol. The van der Waals surface area contributed by atoms with Gasteiger partial charge in [-0.05, 0) is 78.7 Å². The molecule has 0 N–H and O–H groups in total. The van der Waals surface area contributed by atoms with E-state index in [2.05, 4.69) is 124 Å². The van der Waals surface area contributed by atoms with Crippen LogP contribution >= 0.6 is 15.9 Å². The van der Waals surface area contributed by atoms with Crippen molar-refractivity contribution in [1.82, 2.24) is 0 Å². The molecule has 0 amide bonds. The van der Waals surface area contributed by atoms with Gasteiger partial charge in [0.15, 0.2) is 0 Å². The first-order valence-corrected chi connectivity index (χ1v) is 44.7. The van der Waals surface area contributed by atoms with E-state index in [1.807, 2.05) is 0 Å². The third kappa shape index (κ3) is 51.0. The quantitative estimate of drug-likeness (QED) is 0.0415. The molecular weight excluding hydrogens is 1300 g/mol. The molecule has 3 rings (SSSR count). The van der Waals surface area contributed by atoms with Gasteiger partial charge in [-0.15, -0.1) is 0 Å². The highest BCUT2D eigenvalue weighted by atomic mass is 79.9. The number of benzene rings is 3. The van der Waals surface area contributed by atoms with Gasteiger partial charge in [-0.1, -0.05) is 412 Å². The van der Waals surface area contributed by atoms with Crippen molar-refractivity contribution in [2.24, 2.45) is 0 Å². The molecule has 0 saturated heterocycles. The first-order valence-electron chi connectivity index (χ1n) is 43.9. The lowest BCUT2D eigenvalue weighted by Gasteiger charge is -2.15. The zero-order valence-corrected chi connectivity index (χ0v) is 68.6. The molecule has 576 valence electrons. The summed E-state index contributed by atoms with van der Waals surface area (Å²) in [7, 11) is 0. The number of unbranched alkanes of at least 4 members (excludes halogenated alkanes) is 54. The van der Waals surface area contributed by atoms with Gasteiger partial charge in [0.25, 0.3) is 0 Å². The maximum atomic E-state index is 6.93. The SMILES string of the molecule is CCCCCCCCCCCCOc1ccc(OCCCCCCCCCCCC)c(C#Cc2cc(OCCCCCCCCCCCC)c(C#Cc3cc(OCCCCCCCCCCCC)c(Br)cc3OCCCCCCCCCCCC)cc2OCCCCCCCCCCCC)c1. The van der Waals surface area contributed by atoms with Gasteiger partial charge in [-0.3, -0.25) is 0 Å². The molecular formula is C94H157BrO6. The lowest BCUT2D eigenvalue weighted by molar-refractivity contribution is 0.294. The monoisotopic (exact) mass is 1460 g/mol. The molecule has 0 spiro atoms. The normalized spacial score (nSPS) is 11.2. The number of hydrogen-bond donors (Lipinski definition) is 0. The Bertz CT molecular complexity index is 2480. The van der Waals surface area contributed by atoms with Crippen LogP contribution in [0.5, 0.6) is 34.5 Å². The van der Waals surface area contributed by atoms with Gasteiger partial charge in [-0.25, -0.2) is 0 Å². The van der Waals surface area contributed by atoms with Crippen molar-refractivity contribution in [3.05, 3.63) is 69.2 Å². The van der Waals surface area contributed by atoms with E-state index in [9.17, 15) is 0 Å². The van der Waals surface area contributed by atoms with E-state index < -0.39 is 0 Å². The Balaban J connectivity index is 2.08. The topological polar surface area (TPSA) is 55.4 Å². The fourth-order valence-corrected chi connectivity index (χ4v) is 14.0. The van der Waals surface area contributed by atoms with Gasteiger partial charge >= 0.3 is 0 Å². The van der Waals surface area contributed by atoms with Crippen molar-refractivity contribution in [3.63, 3.8) is 0 Å². The molecule has 3 aromatic rings. The van der Waals surface area contributed by atoms with Crippen LogP contribution in [0.15, 0.2) is 46.9 Å². The van der Waals surface area contributed by atoms with Crippen LogP contribution in [0.1, 0.15) is 449 Å². The molecule has 0 aliphatic carbocycles. The molecule has 0 fully saturated rings. The van der Waals surface area contributed by atoms with E-state index in [1.165, 1.54) is 334 Å². The van der Waals surface area contributed by atoms with Crippen molar-refractivity contribution in [1.29, 1.82) is 0 Å². The fraction of sp³-hybridized carbons (Fsp3) is 0.766. The molecule has 0 bridgehead atoms. The van der Waals surface area contributed by atoms with E-state index in [4.69, 9.17) is 28.4 Å². The average molecular weight is 1460 g/mol. The zero-order chi connectivity index (χ0) is 72.0. The Kier molecular flexibility index (Phi) is 62.5. The third-order valence-electron chi connectivity index (χ3n) is 20.3. The number of hydrogen-bond acceptors (Lipinski definition) is 6. The molecule has 0 aliphatic heterocycles. The number of ether oxygens (including phenoxy) is 6. The molecule has 0 unspecified atom stereocenters. The molecule has 0 aromatic heterocycles. The highest BCUT2D eigenvalue weighted by Crippen LogP contribution is 2.35. The minimum absolute atomic E-state index is 0.606. The van der Waals surface area contributed by atoms with Gasteiger partial charge in [0.05, 0.1) is 66.4 Å². The lowest BCUT2D eigenvalue weighted by Crippen LogP contribution is -2.04. The highest BCUT2D eigenvalue weighted by Gasteiger charge is 2.15. The molecule has 0 heterocycles. The van der Waals surface area contributed by atoms with Crippen molar-refractivity contribution >= 4 is 15.9 Å². The maximum Gasteiger partial charge on any atom is 0.136 e. The molecule has 0 saturated carbocycles. The standard InChI is InChI=1S/C94H157BrO6/c1-7-13-19-25-31-37-43-49-55-61-73-96-88-71-72-90(97-74-62-56-50-44-38-32-26-20-14-8-2)84(79-88)67-68-85-80-92(99-76-64-58-52-46-40-34-28-22-16-10-4)86(81-91(85)98-75-63-57-51-45-39-33-27-21-15-9-3)69-70-87-82-94(101-78-66-60-54-48-42-36-30-24-18-12-6)89(95)83-93(87)100-77-65-59-53-47-41-35-29-23-17-11-5/h71-72,79-83H,7-66,73-78H2,1-6H3. The molecule has 6 nitrogen and oxygen atoms in total. The van der Waals surface area contributed by atoms with E-state index in [1.54, 1.807) is 0 Å². The van der Waals surface area contributed by atoms with Crippen LogP contribution in [0, 0.1) is 23.7 Å². The summed E-state index contributed by atoms with van der Waals surface area (Å²) in [4.78, 5) is 0. The van der Waals surface area contributed by atoms with Gasteiger partial charge in [0, 0.05) is 18.2 Å². The van der Waals surface area contributed by atoms with Crippen LogP contribution in [-0.4, -0.2) is 39.6 Å². The maximum absolute atomic E-state index is 6.93. The number of halogens is 1. The summed E-state index contributed by atoms with van der Waals surface area (Å²) < 4.78 is 41.3. The van der Waals surface area contributed by atoms with Crippen molar-refractivity contribution in [3.8, 4) is 58.2 Å². The second kappa shape index (κ2) is 69.1. The molecule has 101 heavy (non-hydrogen) atoms. The first kappa shape index (κ1) is 91.3. The molecule has 7 heteroatoms. The summed E-state index contributed by atoms with van der Waals surface area (Å²) in [5, 5.41) is 0. The highest BCUT2D eigenvalue weighted by molar-refractivity contribution is 9.10. The van der Waals surface area contributed by atoms with Gasteiger partial charge in [0.2, 0.25) is 0 Å². The van der Waals surface area contributed by atoms with E-state index in [0.29, 0.717) is 39.6 Å². The summed E-state index contributed by atoms with van der Waals surface area (Å²) in [6, 6.07) is 14.7. The van der Waals surface area contributed by atoms with Gasteiger partial charge in [-0.2, -0.15) is 0 Å². The Labute approximate surface area is 634 Å². The number of rotatable bonds is 72. The van der Waals surface area contributed by atoms with Crippen molar-refractivity contribution in [2.75, 3.05) is 39.6 Å². The summed E-state index contributed by atoms with van der Waals surface area (Å²) in [5.74, 6) is 19.3.